The van der Waals surface area contributed by atoms with Crippen LogP contribution in [0, 0.1) is 10.1 Å². The second kappa shape index (κ2) is 4.80. The van der Waals surface area contributed by atoms with E-state index in [4.69, 9.17) is 4.74 Å². The molecule has 6 nitrogen and oxygen atoms in total. The molecule has 0 aromatic heterocycles. The van der Waals surface area contributed by atoms with Crippen LogP contribution in [0.15, 0.2) is 22.7 Å². The molecule has 0 saturated carbocycles. The Bertz CT molecular complexity index is 473. The Morgan fingerprint density at radius 3 is 2.76 bits per heavy atom. The maximum absolute atomic E-state index is 11.7. The minimum Gasteiger partial charge on any atom is -0.377 e. The smallest absolute Gasteiger partial charge is 0.284 e. The van der Waals surface area contributed by atoms with E-state index >= 15 is 0 Å². The molecule has 1 aromatic carbocycles. The van der Waals surface area contributed by atoms with Gasteiger partial charge in [0.15, 0.2) is 0 Å². The first-order valence-corrected chi connectivity index (χ1v) is 5.70. The third-order valence-corrected chi connectivity index (χ3v) is 3.05. The van der Waals surface area contributed by atoms with Crippen LogP contribution in [0.4, 0.5) is 5.69 Å². The summed E-state index contributed by atoms with van der Waals surface area (Å²) in [6.45, 7) is 0.981. The van der Waals surface area contributed by atoms with E-state index in [1.807, 2.05) is 0 Å². The molecular formula is C10H9BrN2O4. The number of amides is 1. The Hall–Kier alpha value is -1.47. The quantitative estimate of drug-likeness (QED) is 0.677. The van der Waals surface area contributed by atoms with E-state index < -0.39 is 4.92 Å². The first-order valence-electron chi connectivity index (χ1n) is 4.90. The summed E-state index contributed by atoms with van der Waals surface area (Å²) in [5, 5.41) is 13.4. The topological polar surface area (TPSA) is 81.5 Å². The van der Waals surface area contributed by atoms with Gasteiger partial charge in [-0.2, -0.15) is 0 Å². The van der Waals surface area contributed by atoms with Gasteiger partial charge in [-0.05, 0) is 28.1 Å². The van der Waals surface area contributed by atoms with Crippen molar-refractivity contribution in [1.29, 1.82) is 0 Å². The number of halogens is 1. The molecule has 0 spiro atoms. The summed E-state index contributed by atoms with van der Waals surface area (Å²) in [4.78, 5) is 21.9. The fraction of sp³-hybridized carbons (Fsp3) is 0.300. The van der Waals surface area contributed by atoms with E-state index in [0.29, 0.717) is 17.7 Å². The molecule has 7 heteroatoms. The molecule has 0 atom stereocenters. The number of carbonyl (C=O) groups is 1. The van der Waals surface area contributed by atoms with Crippen molar-refractivity contribution in [2.45, 2.75) is 6.04 Å². The third-order valence-electron chi connectivity index (χ3n) is 2.38. The first kappa shape index (κ1) is 12.0. The molecule has 2 rings (SSSR count). The predicted molar refractivity (Wildman–Crippen MR) is 62.9 cm³/mol. The number of nitro benzene ring substituents is 1. The molecule has 1 N–H and O–H groups in total. The van der Waals surface area contributed by atoms with Crippen LogP contribution < -0.4 is 5.32 Å². The molecular weight excluding hydrogens is 292 g/mol. The molecule has 0 bridgehead atoms. The van der Waals surface area contributed by atoms with E-state index in [9.17, 15) is 14.9 Å². The molecule has 90 valence electrons. The van der Waals surface area contributed by atoms with Crippen LogP contribution >= 0.6 is 15.9 Å². The Labute approximate surface area is 105 Å². The van der Waals surface area contributed by atoms with Gasteiger partial charge in [-0.25, -0.2) is 0 Å². The summed E-state index contributed by atoms with van der Waals surface area (Å²) in [5.74, 6) is -0.325. The molecule has 1 saturated heterocycles. The van der Waals surface area contributed by atoms with E-state index in [1.54, 1.807) is 0 Å². The minimum absolute atomic E-state index is 0.00482. The van der Waals surface area contributed by atoms with Crippen molar-refractivity contribution in [3.63, 3.8) is 0 Å². The molecule has 0 radical (unpaired) electrons. The lowest BCUT2D eigenvalue weighted by atomic mass is 10.1. The van der Waals surface area contributed by atoms with Gasteiger partial charge in [0.25, 0.3) is 11.6 Å². The van der Waals surface area contributed by atoms with Gasteiger partial charge >= 0.3 is 0 Å². The van der Waals surface area contributed by atoms with Crippen molar-refractivity contribution < 1.29 is 14.5 Å². The van der Waals surface area contributed by atoms with Gasteiger partial charge in [0.1, 0.15) is 0 Å². The van der Waals surface area contributed by atoms with Gasteiger partial charge in [0.05, 0.1) is 28.7 Å². The standard InChI is InChI=1S/C10H9BrN2O4/c11-8-2-1-6(3-9(8)13(15)16)10(14)12-7-4-17-5-7/h1-3,7H,4-5H2,(H,12,14). The van der Waals surface area contributed by atoms with E-state index in [2.05, 4.69) is 21.2 Å². The van der Waals surface area contributed by atoms with Crippen LogP contribution in [-0.2, 0) is 4.74 Å². The van der Waals surface area contributed by atoms with Crippen LogP contribution in [0.5, 0.6) is 0 Å². The number of hydrogen-bond acceptors (Lipinski definition) is 4. The van der Waals surface area contributed by atoms with Crippen LogP contribution in [0.1, 0.15) is 10.4 Å². The summed E-state index contributed by atoms with van der Waals surface area (Å²) in [7, 11) is 0. The second-order valence-corrected chi connectivity index (χ2v) is 4.49. The summed E-state index contributed by atoms with van der Waals surface area (Å²) >= 11 is 3.06. The van der Waals surface area contributed by atoms with Gasteiger partial charge in [-0.15, -0.1) is 0 Å². The summed E-state index contributed by atoms with van der Waals surface area (Å²) in [6.07, 6.45) is 0. The van der Waals surface area contributed by atoms with Crippen molar-refractivity contribution in [3.05, 3.63) is 38.3 Å². The zero-order valence-electron chi connectivity index (χ0n) is 8.68. The number of ether oxygens (including phenoxy) is 1. The van der Waals surface area contributed by atoms with Gasteiger partial charge in [0, 0.05) is 11.6 Å². The Morgan fingerprint density at radius 2 is 2.24 bits per heavy atom. The van der Waals surface area contributed by atoms with Gasteiger partial charge in [-0.3, -0.25) is 14.9 Å². The average Bonchev–Trinajstić information content (AvgIpc) is 2.23. The second-order valence-electron chi connectivity index (χ2n) is 3.63. The van der Waals surface area contributed by atoms with Crippen LogP contribution in [0.25, 0.3) is 0 Å². The van der Waals surface area contributed by atoms with E-state index in [-0.39, 0.29) is 23.2 Å². The normalized spacial score (nSPS) is 15.1. The van der Waals surface area contributed by atoms with Crippen LogP contribution in [0.3, 0.4) is 0 Å². The fourth-order valence-corrected chi connectivity index (χ4v) is 1.77. The highest BCUT2D eigenvalue weighted by atomic mass is 79.9. The molecule has 17 heavy (non-hydrogen) atoms. The Kier molecular flexibility index (Phi) is 3.39. The molecule has 1 amide bonds. The highest BCUT2D eigenvalue weighted by molar-refractivity contribution is 9.10. The first-order chi connectivity index (χ1) is 8.08. The number of rotatable bonds is 3. The Morgan fingerprint density at radius 1 is 1.53 bits per heavy atom. The zero-order valence-corrected chi connectivity index (χ0v) is 10.3. The maximum Gasteiger partial charge on any atom is 0.284 e. The molecule has 1 heterocycles. The van der Waals surface area contributed by atoms with Crippen molar-refractivity contribution in [3.8, 4) is 0 Å². The number of nitrogens with zero attached hydrogens (tertiary/aromatic N) is 1. The molecule has 0 unspecified atom stereocenters. The van der Waals surface area contributed by atoms with Gasteiger partial charge < -0.3 is 10.1 Å². The summed E-state index contributed by atoms with van der Waals surface area (Å²) in [6, 6.07) is 4.28. The summed E-state index contributed by atoms with van der Waals surface area (Å²) in [5.41, 5.74) is 0.148. The van der Waals surface area contributed by atoms with Crippen molar-refractivity contribution >= 4 is 27.5 Å². The Balaban J connectivity index is 2.17. The number of carbonyl (C=O) groups excluding carboxylic acids is 1. The van der Waals surface area contributed by atoms with Crippen molar-refractivity contribution in [1.82, 2.24) is 5.32 Å². The molecule has 1 fully saturated rings. The van der Waals surface area contributed by atoms with Crippen molar-refractivity contribution in [2.24, 2.45) is 0 Å². The zero-order chi connectivity index (χ0) is 12.4. The lowest BCUT2D eigenvalue weighted by molar-refractivity contribution is -0.385. The number of hydrogen-bond donors (Lipinski definition) is 1. The fourth-order valence-electron chi connectivity index (χ4n) is 1.38. The third kappa shape index (κ3) is 2.62. The highest BCUT2D eigenvalue weighted by Crippen LogP contribution is 2.25. The molecule has 1 aromatic rings. The number of benzene rings is 1. The maximum atomic E-state index is 11.7. The minimum atomic E-state index is -0.534. The summed E-state index contributed by atoms with van der Waals surface area (Å²) < 4.78 is 5.28. The average molecular weight is 301 g/mol. The van der Waals surface area contributed by atoms with E-state index in [1.165, 1.54) is 18.2 Å². The SMILES string of the molecule is O=C(NC1COC1)c1ccc(Br)c([N+](=O)[O-])c1. The van der Waals surface area contributed by atoms with Gasteiger partial charge in [-0.1, -0.05) is 0 Å². The lowest BCUT2D eigenvalue weighted by Crippen LogP contribution is -2.48. The largest absolute Gasteiger partial charge is 0.377 e. The predicted octanol–water partition coefficient (Wildman–Crippen LogP) is 1.49. The molecule has 1 aliphatic heterocycles. The monoisotopic (exact) mass is 300 g/mol. The van der Waals surface area contributed by atoms with Crippen LogP contribution in [0.2, 0.25) is 0 Å². The lowest BCUT2D eigenvalue weighted by Gasteiger charge is -2.26. The molecule has 0 aliphatic carbocycles. The van der Waals surface area contributed by atoms with Crippen molar-refractivity contribution in [2.75, 3.05) is 13.2 Å². The van der Waals surface area contributed by atoms with Gasteiger partial charge in [0.2, 0.25) is 0 Å². The highest BCUT2D eigenvalue weighted by Gasteiger charge is 2.22. The van der Waals surface area contributed by atoms with Crippen LogP contribution in [-0.4, -0.2) is 30.1 Å². The number of nitro groups is 1. The number of nitrogens with one attached hydrogen (secondary N) is 1. The molecule has 1 aliphatic rings. The van der Waals surface area contributed by atoms with E-state index in [0.717, 1.165) is 0 Å².